The molecule has 0 unspecified atom stereocenters. The van der Waals surface area contributed by atoms with Gasteiger partial charge in [0.05, 0.1) is 0 Å². The molecule has 0 aliphatic heterocycles. The van der Waals surface area contributed by atoms with Crippen LogP contribution in [0.25, 0.3) is 0 Å². The lowest BCUT2D eigenvalue weighted by Gasteiger charge is -2.20. The summed E-state index contributed by atoms with van der Waals surface area (Å²) >= 11 is 0. The van der Waals surface area contributed by atoms with Crippen LogP contribution in [0.4, 0.5) is 5.69 Å². The highest BCUT2D eigenvalue weighted by Crippen LogP contribution is 2.48. The van der Waals surface area contributed by atoms with Crippen LogP contribution in [0.1, 0.15) is 37.7 Å². The second-order valence-corrected chi connectivity index (χ2v) is 7.24. The highest BCUT2D eigenvalue weighted by atomic mass is 16.1. The lowest BCUT2D eigenvalue weighted by atomic mass is 9.88. The van der Waals surface area contributed by atoms with Gasteiger partial charge in [0.15, 0.2) is 0 Å². The number of hydrogen-bond acceptors (Lipinski definition) is 2. The van der Waals surface area contributed by atoms with Crippen LogP contribution < -0.4 is 10.2 Å². The number of carbonyl (C=O) groups excluding carboxylic acids is 1. The number of anilines is 1. The smallest absolute Gasteiger partial charge is 0.223 e. The van der Waals surface area contributed by atoms with Crippen molar-refractivity contribution in [3.63, 3.8) is 0 Å². The van der Waals surface area contributed by atoms with Crippen LogP contribution in [0.5, 0.6) is 0 Å². The molecule has 0 saturated heterocycles. The lowest BCUT2D eigenvalue weighted by molar-refractivity contribution is -0.126. The van der Waals surface area contributed by atoms with Crippen molar-refractivity contribution in [1.29, 1.82) is 0 Å². The summed E-state index contributed by atoms with van der Waals surface area (Å²) in [5.74, 6) is 2.16. The van der Waals surface area contributed by atoms with Crippen molar-refractivity contribution in [3.8, 4) is 0 Å². The third-order valence-corrected chi connectivity index (χ3v) is 5.47. The molecule has 2 fully saturated rings. The van der Waals surface area contributed by atoms with Gasteiger partial charge >= 0.3 is 0 Å². The van der Waals surface area contributed by atoms with Crippen molar-refractivity contribution in [2.24, 2.45) is 17.8 Å². The molecule has 3 rings (SSSR count). The Morgan fingerprint density at radius 2 is 1.95 bits per heavy atom. The number of amides is 1. The number of nitrogens with one attached hydrogen (secondary N) is 1. The Morgan fingerprint density at radius 1 is 1.18 bits per heavy atom. The van der Waals surface area contributed by atoms with E-state index in [1.807, 2.05) is 0 Å². The SMILES string of the molecule is CN(C)c1ccc(CCCNC(=O)[C@H]2C[C@H]3CC[C@H]2C3)cc1. The van der Waals surface area contributed by atoms with Crippen molar-refractivity contribution in [2.75, 3.05) is 25.5 Å². The van der Waals surface area contributed by atoms with Crippen molar-refractivity contribution in [1.82, 2.24) is 5.32 Å². The van der Waals surface area contributed by atoms with Gasteiger partial charge < -0.3 is 10.2 Å². The van der Waals surface area contributed by atoms with E-state index < -0.39 is 0 Å². The Hall–Kier alpha value is -1.51. The predicted molar refractivity (Wildman–Crippen MR) is 91.0 cm³/mol. The largest absolute Gasteiger partial charge is 0.378 e. The number of nitrogens with zero attached hydrogens (tertiary/aromatic N) is 1. The highest BCUT2D eigenvalue weighted by Gasteiger charge is 2.42. The van der Waals surface area contributed by atoms with E-state index in [0.29, 0.717) is 17.7 Å². The monoisotopic (exact) mass is 300 g/mol. The van der Waals surface area contributed by atoms with Gasteiger partial charge in [-0.15, -0.1) is 0 Å². The number of rotatable bonds is 6. The van der Waals surface area contributed by atoms with Gasteiger partial charge in [0, 0.05) is 32.2 Å². The van der Waals surface area contributed by atoms with Gasteiger partial charge in [-0.1, -0.05) is 18.6 Å². The molecule has 1 aromatic carbocycles. The molecular formula is C19H28N2O. The van der Waals surface area contributed by atoms with Crippen LogP contribution in [0.15, 0.2) is 24.3 Å². The van der Waals surface area contributed by atoms with E-state index >= 15 is 0 Å². The molecule has 1 aromatic rings. The van der Waals surface area contributed by atoms with Gasteiger partial charge in [-0.05, 0) is 61.6 Å². The second kappa shape index (κ2) is 6.72. The maximum Gasteiger partial charge on any atom is 0.223 e. The first-order chi connectivity index (χ1) is 10.6. The Kier molecular flexibility index (Phi) is 4.70. The minimum atomic E-state index is 0.315. The fraction of sp³-hybridized carbons (Fsp3) is 0.632. The van der Waals surface area contributed by atoms with Crippen LogP contribution in [-0.4, -0.2) is 26.5 Å². The molecule has 2 bridgehead atoms. The Bertz CT molecular complexity index is 509. The van der Waals surface area contributed by atoms with Gasteiger partial charge in [-0.3, -0.25) is 4.79 Å². The summed E-state index contributed by atoms with van der Waals surface area (Å²) in [4.78, 5) is 14.4. The van der Waals surface area contributed by atoms with Crippen LogP contribution in [0, 0.1) is 17.8 Å². The average molecular weight is 300 g/mol. The summed E-state index contributed by atoms with van der Waals surface area (Å²) in [6, 6.07) is 8.69. The van der Waals surface area contributed by atoms with E-state index in [2.05, 4.69) is 48.6 Å². The van der Waals surface area contributed by atoms with E-state index in [1.165, 1.54) is 30.5 Å². The molecule has 22 heavy (non-hydrogen) atoms. The van der Waals surface area contributed by atoms with Crippen LogP contribution >= 0.6 is 0 Å². The molecule has 2 aliphatic rings. The molecule has 0 radical (unpaired) electrons. The number of fused-ring (bicyclic) bond motifs is 2. The highest BCUT2D eigenvalue weighted by molar-refractivity contribution is 5.79. The topological polar surface area (TPSA) is 32.3 Å². The number of hydrogen-bond donors (Lipinski definition) is 1. The van der Waals surface area contributed by atoms with E-state index in [1.54, 1.807) is 0 Å². The van der Waals surface area contributed by atoms with Crippen molar-refractivity contribution >= 4 is 11.6 Å². The maximum atomic E-state index is 12.2. The quantitative estimate of drug-likeness (QED) is 0.818. The molecular weight excluding hydrogens is 272 g/mol. The van der Waals surface area contributed by atoms with Gasteiger partial charge in [0.25, 0.3) is 0 Å². The number of aryl methyl sites for hydroxylation is 1. The Morgan fingerprint density at radius 3 is 2.55 bits per heavy atom. The predicted octanol–water partition coefficient (Wildman–Crippen LogP) is 3.24. The first-order valence-corrected chi connectivity index (χ1v) is 8.67. The summed E-state index contributed by atoms with van der Waals surface area (Å²) in [6.45, 7) is 0.808. The van der Waals surface area contributed by atoms with Crippen LogP contribution in [0.3, 0.4) is 0 Å². The molecule has 120 valence electrons. The first kappa shape index (κ1) is 15.4. The van der Waals surface area contributed by atoms with Crippen molar-refractivity contribution in [3.05, 3.63) is 29.8 Å². The second-order valence-electron chi connectivity index (χ2n) is 7.24. The van der Waals surface area contributed by atoms with E-state index in [9.17, 15) is 4.79 Å². The fourth-order valence-electron chi connectivity index (χ4n) is 4.16. The first-order valence-electron chi connectivity index (χ1n) is 8.67. The molecule has 2 aliphatic carbocycles. The number of carbonyl (C=O) groups is 1. The fourth-order valence-corrected chi connectivity index (χ4v) is 4.16. The Balaban J connectivity index is 1.37. The third-order valence-electron chi connectivity index (χ3n) is 5.47. The van der Waals surface area contributed by atoms with E-state index in [4.69, 9.17) is 0 Å². The normalized spacial score (nSPS) is 26.2. The molecule has 1 N–H and O–H groups in total. The van der Waals surface area contributed by atoms with Gasteiger partial charge in [0.1, 0.15) is 0 Å². The molecule has 3 atom stereocenters. The summed E-state index contributed by atoms with van der Waals surface area (Å²) in [6.07, 6.45) is 7.13. The Labute approximate surface area is 134 Å². The van der Waals surface area contributed by atoms with Crippen molar-refractivity contribution < 1.29 is 4.79 Å². The van der Waals surface area contributed by atoms with Crippen LogP contribution in [0.2, 0.25) is 0 Å². The molecule has 0 aromatic heterocycles. The standard InChI is InChI=1S/C19H28N2O/c1-21(2)17-9-6-14(7-10-17)4-3-11-20-19(22)18-13-15-5-8-16(18)12-15/h6-7,9-10,15-16,18H,3-5,8,11-13H2,1-2H3,(H,20,22)/t15-,16-,18-/m0/s1. The molecule has 3 nitrogen and oxygen atoms in total. The zero-order chi connectivity index (χ0) is 15.5. The zero-order valence-corrected chi connectivity index (χ0v) is 13.8. The molecule has 0 heterocycles. The number of benzene rings is 1. The molecule has 1 amide bonds. The molecule has 3 heteroatoms. The van der Waals surface area contributed by atoms with Crippen LogP contribution in [-0.2, 0) is 11.2 Å². The molecule has 2 saturated carbocycles. The lowest BCUT2D eigenvalue weighted by Crippen LogP contribution is -2.34. The third kappa shape index (κ3) is 3.45. The molecule has 0 spiro atoms. The summed E-state index contributed by atoms with van der Waals surface area (Å²) < 4.78 is 0. The minimum Gasteiger partial charge on any atom is -0.378 e. The van der Waals surface area contributed by atoms with Crippen molar-refractivity contribution in [2.45, 2.75) is 38.5 Å². The van der Waals surface area contributed by atoms with E-state index in [0.717, 1.165) is 31.7 Å². The summed E-state index contributed by atoms with van der Waals surface area (Å²) in [7, 11) is 4.11. The summed E-state index contributed by atoms with van der Waals surface area (Å²) in [5.41, 5.74) is 2.58. The van der Waals surface area contributed by atoms with Gasteiger partial charge in [-0.2, -0.15) is 0 Å². The average Bonchev–Trinajstić information content (AvgIpc) is 3.14. The zero-order valence-electron chi connectivity index (χ0n) is 13.8. The van der Waals surface area contributed by atoms with Gasteiger partial charge in [0.2, 0.25) is 5.91 Å². The van der Waals surface area contributed by atoms with E-state index in [-0.39, 0.29) is 0 Å². The summed E-state index contributed by atoms with van der Waals surface area (Å²) in [5, 5.41) is 3.16. The minimum absolute atomic E-state index is 0.315. The van der Waals surface area contributed by atoms with Gasteiger partial charge in [-0.25, -0.2) is 0 Å². The maximum absolute atomic E-state index is 12.2.